The van der Waals surface area contributed by atoms with Gasteiger partial charge in [0.05, 0.1) is 17.0 Å². The zero-order valence-corrected chi connectivity index (χ0v) is 17.9. The summed E-state index contributed by atoms with van der Waals surface area (Å²) in [6.45, 7) is 0. The van der Waals surface area contributed by atoms with Gasteiger partial charge >= 0.3 is 5.97 Å². The molecule has 6 heteroatoms. The fraction of sp³-hybridized carbons (Fsp3) is 0. The van der Waals surface area contributed by atoms with Gasteiger partial charge in [-0.25, -0.2) is 9.78 Å². The van der Waals surface area contributed by atoms with Crippen LogP contribution in [0.25, 0.3) is 22.5 Å². The first-order valence-corrected chi connectivity index (χ1v) is 10.6. The van der Waals surface area contributed by atoms with Gasteiger partial charge in [0.2, 0.25) is 0 Å². The molecule has 4 rings (SSSR count). The van der Waals surface area contributed by atoms with Crippen LogP contribution < -0.4 is 0 Å². The quantitative estimate of drug-likeness (QED) is 0.339. The predicted molar refractivity (Wildman–Crippen MR) is 123 cm³/mol. The zero-order valence-electron chi connectivity index (χ0n) is 15.5. The van der Waals surface area contributed by atoms with Crippen LogP contribution in [0.15, 0.2) is 94.7 Å². The number of carbonyl (C=O) groups is 1. The molecule has 0 amide bonds. The van der Waals surface area contributed by atoms with Gasteiger partial charge in [0.15, 0.2) is 0 Å². The maximum Gasteiger partial charge on any atom is 0.335 e. The second-order valence-corrected chi connectivity index (χ2v) is 8.54. The molecular weight excluding hydrogens is 437 g/mol. The number of nitrogens with zero attached hydrogens (tertiary/aromatic N) is 1. The van der Waals surface area contributed by atoms with E-state index in [1.165, 1.54) is 0 Å². The van der Waals surface area contributed by atoms with E-state index in [1.807, 2.05) is 60.7 Å². The molecule has 0 aliphatic carbocycles. The topological polar surface area (TPSA) is 50.2 Å². The number of rotatable bonds is 5. The number of aromatic carboxylic acids is 1. The van der Waals surface area contributed by atoms with Gasteiger partial charge in [-0.1, -0.05) is 59.2 Å². The van der Waals surface area contributed by atoms with E-state index in [1.54, 1.807) is 36.0 Å². The lowest BCUT2D eigenvalue weighted by atomic mass is 10.0. The maximum atomic E-state index is 11.6. The fourth-order valence-corrected chi connectivity index (χ4v) is 3.97. The number of carboxylic acid groups (broad SMARTS) is 1. The van der Waals surface area contributed by atoms with Gasteiger partial charge in [-0.05, 0) is 60.7 Å². The number of hydrogen-bond acceptors (Lipinski definition) is 3. The molecule has 0 aliphatic heterocycles. The molecule has 0 saturated heterocycles. The van der Waals surface area contributed by atoms with Crippen LogP contribution in [-0.4, -0.2) is 16.1 Å². The molecule has 4 aromatic rings. The molecule has 0 fully saturated rings. The van der Waals surface area contributed by atoms with E-state index in [0.29, 0.717) is 21.4 Å². The molecule has 3 aromatic carbocycles. The summed E-state index contributed by atoms with van der Waals surface area (Å²) in [6.07, 6.45) is 0. The molecule has 148 valence electrons. The predicted octanol–water partition coefficient (Wildman–Crippen LogP) is 7.57. The lowest BCUT2D eigenvalue weighted by Gasteiger charge is -2.09. The first-order chi connectivity index (χ1) is 14.5. The summed E-state index contributed by atoms with van der Waals surface area (Å²) in [7, 11) is 0. The van der Waals surface area contributed by atoms with Crippen LogP contribution in [0.5, 0.6) is 0 Å². The Hall–Kier alpha value is -2.79. The normalized spacial score (nSPS) is 10.7. The highest BCUT2D eigenvalue weighted by Crippen LogP contribution is 2.31. The molecule has 0 spiro atoms. The summed E-state index contributed by atoms with van der Waals surface area (Å²) in [6, 6.07) is 25.8. The number of carboxylic acids is 1. The Balaban J connectivity index is 1.66. The van der Waals surface area contributed by atoms with Crippen molar-refractivity contribution in [2.45, 2.75) is 9.79 Å². The summed E-state index contributed by atoms with van der Waals surface area (Å²) < 4.78 is 0. The third kappa shape index (κ3) is 4.85. The Labute approximate surface area is 188 Å². The lowest BCUT2D eigenvalue weighted by Crippen LogP contribution is -2.00. The van der Waals surface area contributed by atoms with E-state index in [2.05, 4.69) is 4.98 Å². The summed E-state index contributed by atoms with van der Waals surface area (Å²) in [5, 5.41) is 10.9. The second kappa shape index (κ2) is 8.92. The smallest absolute Gasteiger partial charge is 0.335 e. The Morgan fingerprint density at radius 2 is 1.10 bits per heavy atom. The van der Waals surface area contributed by atoms with Crippen molar-refractivity contribution >= 4 is 40.9 Å². The minimum Gasteiger partial charge on any atom is -0.478 e. The van der Waals surface area contributed by atoms with Gasteiger partial charge in [0.25, 0.3) is 0 Å². The van der Waals surface area contributed by atoms with Crippen LogP contribution in [0, 0.1) is 0 Å². The van der Waals surface area contributed by atoms with Crippen molar-refractivity contribution in [1.82, 2.24) is 4.98 Å². The van der Waals surface area contributed by atoms with Crippen LogP contribution in [0.2, 0.25) is 10.0 Å². The number of pyridine rings is 1. The van der Waals surface area contributed by atoms with Crippen molar-refractivity contribution in [1.29, 1.82) is 0 Å². The molecule has 1 aromatic heterocycles. The van der Waals surface area contributed by atoms with E-state index in [-0.39, 0.29) is 5.56 Å². The molecule has 0 unspecified atom stereocenters. The Morgan fingerprint density at radius 3 is 1.57 bits per heavy atom. The second-order valence-electron chi connectivity index (χ2n) is 6.52. The van der Waals surface area contributed by atoms with Crippen LogP contribution in [-0.2, 0) is 0 Å². The standard InChI is InChI=1S/C24H15Cl2NO2S/c25-18-5-1-15(2-6-18)22-13-17(24(28)29)14-23(27-22)16-3-9-20(10-4-16)30-21-11-7-19(26)8-12-21/h1-14H,(H,28,29). The minimum absolute atomic E-state index is 0.185. The summed E-state index contributed by atoms with van der Waals surface area (Å²) >= 11 is 13.5. The third-order valence-electron chi connectivity index (χ3n) is 4.41. The van der Waals surface area contributed by atoms with Gasteiger partial charge in [0.1, 0.15) is 0 Å². The van der Waals surface area contributed by atoms with Crippen LogP contribution in [0.4, 0.5) is 0 Å². The van der Waals surface area contributed by atoms with Gasteiger partial charge in [-0.3, -0.25) is 0 Å². The Bertz CT molecular complexity index is 1190. The van der Waals surface area contributed by atoms with Gasteiger partial charge in [-0.2, -0.15) is 0 Å². The molecule has 0 aliphatic rings. The monoisotopic (exact) mass is 451 g/mol. The van der Waals surface area contributed by atoms with Crippen molar-refractivity contribution in [2.24, 2.45) is 0 Å². The fourth-order valence-electron chi connectivity index (χ4n) is 2.90. The van der Waals surface area contributed by atoms with Crippen molar-refractivity contribution < 1.29 is 9.90 Å². The lowest BCUT2D eigenvalue weighted by molar-refractivity contribution is 0.0697. The number of halogens is 2. The Morgan fingerprint density at radius 1 is 0.700 bits per heavy atom. The largest absolute Gasteiger partial charge is 0.478 e. The van der Waals surface area contributed by atoms with Crippen molar-refractivity contribution in [3.8, 4) is 22.5 Å². The summed E-state index contributed by atoms with van der Waals surface area (Å²) in [5.74, 6) is -0.997. The minimum atomic E-state index is -0.997. The molecular formula is C24H15Cl2NO2S. The molecule has 0 saturated carbocycles. The van der Waals surface area contributed by atoms with Crippen LogP contribution in [0.3, 0.4) is 0 Å². The molecule has 0 bridgehead atoms. The summed E-state index contributed by atoms with van der Waals surface area (Å²) in [4.78, 5) is 18.5. The van der Waals surface area contributed by atoms with Crippen molar-refractivity contribution in [3.05, 3.63) is 101 Å². The van der Waals surface area contributed by atoms with Gasteiger partial charge in [-0.15, -0.1) is 0 Å². The average Bonchev–Trinajstić information content (AvgIpc) is 2.76. The molecule has 1 heterocycles. The van der Waals surface area contributed by atoms with Crippen molar-refractivity contribution in [2.75, 3.05) is 0 Å². The molecule has 30 heavy (non-hydrogen) atoms. The molecule has 1 N–H and O–H groups in total. The van der Waals surface area contributed by atoms with E-state index < -0.39 is 5.97 Å². The number of aromatic nitrogens is 1. The highest BCUT2D eigenvalue weighted by atomic mass is 35.5. The maximum absolute atomic E-state index is 11.6. The van der Waals surface area contributed by atoms with E-state index in [4.69, 9.17) is 23.2 Å². The molecule has 3 nitrogen and oxygen atoms in total. The number of benzene rings is 3. The van der Waals surface area contributed by atoms with E-state index >= 15 is 0 Å². The van der Waals surface area contributed by atoms with Crippen molar-refractivity contribution in [3.63, 3.8) is 0 Å². The average molecular weight is 452 g/mol. The summed E-state index contributed by atoms with van der Waals surface area (Å²) in [5.41, 5.74) is 3.01. The van der Waals surface area contributed by atoms with E-state index in [9.17, 15) is 9.90 Å². The highest BCUT2D eigenvalue weighted by Gasteiger charge is 2.12. The SMILES string of the molecule is O=C(O)c1cc(-c2ccc(Cl)cc2)nc(-c2ccc(Sc3ccc(Cl)cc3)cc2)c1. The van der Waals surface area contributed by atoms with Crippen LogP contribution >= 0.6 is 35.0 Å². The first-order valence-electron chi connectivity index (χ1n) is 9.03. The van der Waals surface area contributed by atoms with Gasteiger partial charge < -0.3 is 5.11 Å². The third-order valence-corrected chi connectivity index (χ3v) is 5.93. The first kappa shape index (κ1) is 20.5. The van der Waals surface area contributed by atoms with Gasteiger partial charge in [0, 0.05) is 31.0 Å². The zero-order chi connectivity index (χ0) is 21.1. The van der Waals surface area contributed by atoms with Crippen LogP contribution in [0.1, 0.15) is 10.4 Å². The number of hydrogen-bond donors (Lipinski definition) is 1. The Kier molecular flexibility index (Phi) is 6.09. The van der Waals surface area contributed by atoms with E-state index in [0.717, 1.165) is 20.9 Å². The molecule has 0 radical (unpaired) electrons. The molecule has 0 atom stereocenters. The highest BCUT2D eigenvalue weighted by molar-refractivity contribution is 7.99.